The molecule has 1 aliphatic rings. The zero-order valence-corrected chi connectivity index (χ0v) is 18.3. The number of benzene rings is 1. The fourth-order valence-corrected chi connectivity index (χ4v) is 3.53. The lowest BCUT2D eigenvalue weighted by molar-refractivity contribution is -0.169. The molecule has 10 nitrogen and oxygen atoms in total. The van der Waals surface area contributed by atoms with Gasteiger partial charge in [0.25, 0.3) is 5.91 Å². The maximum Gasteiger partial charge on any atom is 0.473 e. The fourth-order valence-electron chi connectivity index (χ4n) is 3.53. The average molecular weight is 479 g/mol. The highest BCUT2D eigenvalue weighted by atomic mass is 19.4. The Morgan fingerprint density at radius 1 is 1.18 bits per heavy atom. The lowest BCUT2D eigenvalue weighted by Gasteiger charge is -2.35. The third-order valence-corrected chi connectivity index (χ3v) is 5.34. The molecule has 2 heterocycles. The molecule has 2 aromatic rings. The molecule has 1 saturated heterocycles. The summed E-state index contributed by atoms with van der Waals surface area (Å²) in [5, 5.41) is 9.53. The van der Waals surface area contributed by atoms with Crippen LogP contribution in [0.25, 0.3) is 0 Å². The summed E-state index contributed by atoms with van der Waals surface area (Å²) in [5.41, 5.74) is 6.37. The Hall–Kier alpha value is -3.90. The van der Waals surface area contributed by atoms with Gasteiger partial charge in [-0.05, 0) is 49.6 Å². The molecule has 0 spiro atoms. The smallest absolute Gasteiger partial charge is 0.383 e. The molecule has 1 aromatic carbocycles. The lowest BCUT2D eigenvalue weighted by atomic mass is 10.0. The predicted octanol–water partition coefficient (Wildman–Crippen LogP) is 2.03. The van der Waals surface area contributed by atoms with E-state index in [4.69, 9.17) is 5.73 Å². The highest BCUT2D eigenvalue weighted by Gasteiger charge is 2.38. The van der Waals surface area contributed by atoms with Gasteiger partial charge in [-0.3, -0.25) is 14.3 Å². The van der Waals surface area contributed by atoms with Crippen LogP contribution in [0.4, 0.5) is 23.7 Å². The maximum absolute atomic E-state index is 12.8. The maximum atomic E-state index is 12.8. The van der Waals surface area contributed by atoms with Crippen LogP contribution in [0, 0.1) is 0 Å². The molecule has 0 radical (unpaired) electrons. The average Bonchev–Trinajstić information content (AvgIpc) is 3.23. The molecule has 1 unspecified atom stereocenters. The van der Waals surface area contributed by atoms with Crippen molar-refractivity contribution in [3.8, 4) is 0 Å². The highest BCUT2D eigenvalue weighted by Crippen LogP contribution is 2.20. The number of carbonyl (C=O) groups excluding carboxylic acids is 3. The van der Waals surface area contributed by atoms with Gasteiger partial charge < -0.3 is 21.3 Å². The van der Waals surface area contributed by atoms with Gasteiger partial charge in [0, 0.05) is 37.6 Å². The number of nitrogens with one attached hydrogen (secondary N) is 2. The Bertz CT molecular complexity index is 1080. The van der Waals surface area contributed by atoms with E-state index in [-0.39, 0.29) is 30.1 Å². The molecule has 3 rings (SSSR count). The Morgan fingerprint density at radius 3 is 2.50 bits per heavy atom. The molecule has 0 aliphatic carbocycles. The van der Waals surface area contributed by atoms with Gasteiger partial charge in [0.05, 0.1) is 6.04 Å². The fraction of sp³-hybridized carbons (Fsp3) is 0.381. The third-order valence-electron chi connectivity index (χ3n) is 5.34. The topological polar surface area (TPSA) is 135 Å². The first-order valence-corrected chi connectivity index (χ1v) is 10.5. The zero-order chi connectivity index (χ0) is 24.9. The van der Waals surface area contributed by atoms with Crippen molar-refractivity contribution in [1.82, 2.24) is 20.0 Å². The van der Waals surface area contributed by atoms with Crippen molar-refractivity contribution < 1.29 is 27.6 Å². The molecule has 182 valence electrons. The molecule has 1 aliphatic heterocycles. The summed E-state index contributed by atoms with van der Waals surface area (Å²) < 4.78 is 38.5. The summed E-state index contributed by atoms with van der Waals surface area (Å²) in [6, 6.07) is 6.59. The van der Waals surface area contributed by atoms with E-state index in [2.05, 4.69) is 20.7 Å². The number of halogens is 3. The number of urea groups is 1. The number of nitrogens with zero attached hydrogens (tertiary/aromatic N) is 4. The Balaban J connectivity index is 1.60. The van der Waals surface area contributed by atoms with Crippen molar-refractivity contribution in [3.63, 3.8) is 0 Å². The number of carbonyl (C=O) groups is 3. The van der Waals surface area contributed by atoms with E-state index < -0.39 is 17.9 Å². The monoisotopic (exact) mass is 479 g/mol. The van der Waals surface area contributed by atoms with Crippen LogP contribution < -0.4 is 16.4 Å². The number of rotatable bonds is 5. The molecule has 34 heavy (non-hydrogen) atoms. The molecule has 1 aromatic heterocycles. The number of likely N-dealkylation sites (tertiary alicyclic amines) is 1. The number of nitrogens with two attached hydrogens (primary N) is 1. The first-order chi connectivity index (χ1) is 16.1. The van der Waals surface area contributed by atoms with Crippen molar-refractivity contribution in [2.45, 2.75) is 31.5 Å². The van der Waals surface area contributed by atoms with E-state index in [0.29, 0.717) is 17.9 Å². The summed E-state index contributed by atoms with van der Waals surface area (Å²) in [6.45, 7) is 0.784. The molecule has 4 amide bonds. The summed E-state index contributed by atoms with van der Waals surface area (Å²) in [7, 11) is 1.66. The quantitative estimate of drug-likeness (QED) is 0.446. The van der Waals surface area contributed by atoms with Gasteiger partial charge in [0.2, 0.25) is 0 Å². The predicted molar refractivity (Wildman–Crippen MR) is 117 cm³/mol. The lowest BCUT2D eigenvalue weighted by Crippen LogP contribution is -2.51. The number of amidine groups is 1. The summed E-state index contributed by atoms with van der Waals surface area (Å²) in [5.74, 6) is -3.17. The van der Waals surface area contributed by atoms with Crippen LogP contribution in [0.2, 0.25) is 0 Å². The number of anilines is 1. The van der Waals surface area contributed by atoms with Gasteiger partial charge in [0.1, 0.15) is 11.5 Å². The molecule has 0 saturated carbocycles. The van der Waals surface area contributed by atoms with E-state index >= 15 is 0 Å². The second kappa shape index (κ2) is 10.4. The van der Waals surface area contributed by atoms with Crippen LogP contribution in [-0.2, 0) is 11.8 Å². The van der Waals surface area contributed by atoms with Crippen LogP contribution in [0.5, 0.6) is 0 Å². The van der Waals surface area contributed by atoms with Crippen molar-refractivity contribution in [3.05, 3.63) is 47.8 Å². The summed E-state index contributed by atoms with van der Waals surface area (Å²) in [6.07, 6.45) is -1.13. The van der Waals surface area contributed by atoms with E-state index in [9.17, 15) is 27.6 Å². The standard InChI is InChI=1S/C21H24F3N7O3/c1-30-16(9-10-27-30)18(32)26-12-15-4-2-3-11-31(15)20(34)28-14-7-5-13(6-8-14)17(25)29-19(33)21(22,23)24/h5-10,15H,2-4,11-12H2,1H3,(H,26,32)(H,28,34)(H2,25,29,33). The van der Waals surface area contributed by atoms with E-state index in [0.717, 1.165) is 19.3 Å². The second-order valence-corrected chi connectivity index (χ2v) is 7.70. The van der Waals surface area contributed by atoms with Crippen molar-refractivity contribution in [1.29, 1.82) is 0 Å². The third kappa shape index (κ3) is 6.11. The Labute approximate surface area is 193 Å². The minimum atomic E-state index is -5.11. The first kappa shape index (κ1) is 24.7. The number of alkyl halides is 3. The van der Waals surface area contributed by atoms with Crippen LogP contribution >= 0.6 is 0 Å². The molecular weight excluding hydrogens is 455 g/mol. The molecule has 13 heteroatoms. The van der Waals surface area contributed by atoms with Gasteiger partial charge in [-0.1, -0.05) is 0 Å². The van der Waals surface area contributed by atoms with Crippen molar-refractivity contribution >= 4 is 29.4 Å². The number of piperidine rings is 1. The van der Waals surface area contributed by atoms with Gasteiger partial charge in [0.15, 0.2) is 0 Å². The van der Waals surface area contributed by atoms with Crippen LogP contribution in [0.3, 0.4) is 0 Å². The SMILES string of the molecule is Cn1nccc1C(=O)NCC1CCCCN1C(=O)Nc1ccc(C(N)=NC(=O)C(F)(F)F)cc1. The van der Waals surface area contributed by atoms with E-state index in [1.165, 1.54) is 35.1 Å². The molecule has 1 atom stereocenters. The van der Waals surface area contributed by atoms with Crippen LogP contribution in [0.1, 0.15) is 35.3 Å². The van der Waals surface area contributed by atoms with Gasteiger partial charge in [-0.25, -0.2) is 4.79 Å². The number of amides is 4. The van der Waals surface area contributed by atoms with Crippen LogP contribution in [0.15, 0.2) is 41.5 Å². The Morgan fingerprint density at radius 2 is 1.88 bits per heavy atom. The molecule has 1 fully saturated rings. The molecule has 4 N–H and O–H groups in total. The molecular formula is C21H24F3N7O3. The van der Waals surface area contributed by atoms with Crippen molar-refractivity contribution in [2.24, 2.45) is 17.8 Å². The number of aryl methyl sites for hydroxylation is 1. The normalized spacial score (nSPS) is 16.8. The van der Waals surface area contributed by atoms with Gasteiger partial charge >= 0.3 is 18.1 Å². The van der Waals surface area contributed by atoms with E-state index in [1.54, 1.807) is 18.0 Å². The zero-order valence-electron chi connectivity index (χ0n) is 18.3. The minimum Gasteiger partial charge on any atom is -0.383 e. The largest absolute Gasteiger partial charge is 0.473 e. The minimum absolute atomic E-state index is 0.101. The summed E-state index contributed by atoms with van der Waals surface area (Å²) in [4.78, 5) is 40.6. The molecule has 0 bridgehead atoms. The number of hydrogen-bond donors (Lipinski definition) is 3. The first-order valence-electron chi connectivity index (χ1n) is 10.5. The van der Waals surface area contributed by atoms with E-state index in [1.807, 2.05) is 0 Å². The van der Waals surface area contributed by atoms with Gasteiger partial charge in [-0.2, -0.15) is 23.3 Å². The van der Waals surface area contributed by atoms with Crippen LogP contribution in [-0.4, -0.2) is 63.7 Å². The summed E-state index contributed by atoms with van der Waals surface area (Å²) >= 11 is 0. The Kier molecular flexibility index (Phi) is 7.54. The number of aliphatic imine (C=N–C) groups is 1. The highest BCUT2D eigenvalue weighted by molar-refractivity contribution is 6.05. The number of aromatic nitrogens is 2. The second-order valence-electron chi connectivity index (χ2n) is 7.70. The van der Waals surface area contributed by atoms with Gasteiger partial charge in [-0.15, -0.1) is 0 Å². The number of hydrogen-bond acceptors (Lipinski definition) is 4. The van der Waals surface area contributed by atoms with Crippen molar-refractivity contribution in [2.75, 3.05) is 18.4 Å².